The predicted octanol–water partition coefficient (Wildman–Crippen LogP) is 4.22. The van der Waals surface area contributed by atoms with E-state index >= 15 is 0 Å². The molecule has 3 fully saturated rings. The monoisotopic (exact) mass is 390 g/mol. The van der Waals surface area contributed by atoms with Crippen molar-refractivity contribution < 1.29 is 23.5 Å². The molecule has 4 aliphatic carbocycles. The van der Waals surface area contributed by atoms with Gasteiger partial charge in [-0.05, 0) is 74.2 Å². The first-order valence-corrected chi connectivity index (χ1v) is 10.8. The second-order valence-corrected chi connectivity index (χ2v) is 9.76. The van der Waals surface area contributed by atoms with E-state index in [-0.39, 0.29) is 42.1 Å². The summed E-state index contributed by atoms with van der Waals surface area (Å²) in [5.41, 5.74) is 0.524. The topological polar surface area (TPSA) is 60.4 Å². The van der Waals surface area contributed by atoms with Gasteiger partial charge in [0, 0.05) is 24.7 Å². The number of ketones is 2. The number of ether oxygens (including phenoxy) is 1. The maximum atomic E-state index is 14.5. The molecule has 0 bridgehead atoms. The summed E-state index contributed by atoms with van der Waals surface area (Å²) < 4.78 is 19.5. The van der Waals surface area contributed by atoms with Crippen molar-refractivity contribution >= 4 is 17.5 Å². The van der Waals surface area contributed by atoms with Crippen LogP contribution in [0.2, 0.25) is 0 Å². The molecular weight excluding hydrogens is 359 g/mol. The van der Waals surface area contributed by atoms with Crippen LogP contribution in [0.5, 0.6) is 0 Å². The van der Waals surface area contributed by atoms with Crippen LogP contribution < -0.4 is 0 Å². The maximum Gasteiger partial charge on any atom is 0.303 e. The maximum absolute atomic E-state index is 14.5. The van der Waals surface area contributed by atoms with Gasteiger partial charge in [0.15, 0.2) is 11.6 Å². The van der Waals surface area contributed by atoms with Crippen LogP contribution in [-0.2, 0) is 19.1 Å². The molecular formula is C23H31FO4. The highest BCUT2D eigenvalue weighted by Gasteiger charge is 2.61. The Bertz CT molecular complexity index is 728. The van der Waals surface area contributed by atoms with Gasteiger partial charge in [0.2, 0.25) is 0 Å². The summed E-state index contributed by atoms with van der Waals surface area (Å²) in [5.74, 6) is 0.829. The molecule has 154 valence electrons. The zero-order chi connectivity index (χ0) is 20.1. The summed E-state index contributed by atoms with van der Waals surface area (Å²) in [4.78, 5) is 35.8. The highest BCUT2D eigenvalue weighted by Crippen LogP contribution is 2.66. The van der Waals surface area contributed by atoms with Crippen LogP contribution in [0.15, 0.2) is 11.6 Å². The number of allylic oxidation sites excluding steroid dienone is 1. The molecule has 4 aliphatic rings. The quantitative estimate of drug-likeness (QED) is 0.675. The summed E-state index contributed by atoms with van der Waals surface area (Å²) >= 11 is 0. The standard InChI is InChI=1S/C23H31FO4/c1-14(25)28-12-21(27)20-6-5-18-17-4-3-15-11-16(26)7-10-23(15,13-24)19(17)8-9-22(18,20)2/h11,17-20H,3-10,12-13H2,1-2H3/t17-,18-,19-,20+,22-,23+/m0/s1. The summed E-state index contributed by atoms with van der Waals surface area (Å²) in [6, 6.07) is 0. The third kappa shape index (κ3) is 2.88. The Labute approximate surface area is 166 Å². The molecule has 28 heavy (non-hydrogen) atoms. The van der Waals surface area contributed by atoms with Gasteiger partial charge in [-0.2, -0.15) is 0 Å². The molecule has 0 amide bonds. The second kappa shape index (κ2) is 7.07. The van der Waals surface area contributed by atoms with Crippen LogP contribution in [0, 0.1) is 34.5 Å². The van der Waals surface area contributed by atoms with E-state index in [2.05, 4.69) is 6.92 Å². The Morgan fingerprint density at radius 3 is 2.64 bits per heavy atom. The molecule has 0 radical (unpaired) electrons. The Morgan fingerprint density at radius 1 is 1.14 bits per heavy atom. The highest BCUT2D eigenvalue weighted by atomic mass is 19.1. The smallest absolute Gasteiger partial charge is 0.303 e. The fourth-order valence-corrected chi connectivity index (χ4v) is 7.41. The number of carbonyl (C=O) groups is 3. The van der Waals surface area contributed by atoms with E-state index in [1.165, 1.54) is 6.92 Å². The van der Waals surface area contributed by atoms with Crippen molar-refractivity contribution in [1.82, 2.24) is 0 Å². The van der Waals surface area contributed by atoms with Crippen molar-refractivity contribution in [2.45, 2.75) is 65.2 Å². The minimum absolute atomic E-state index is 0.0403. The number of alkyl halides is 1. The number of halogens is 1. The lowest BCUT2D eigenvalue weighted by atomic mass is 9.46. The zero-order valence-corrected chi connectivity index (χ0v) is 17.0. The van der Waals surface area contributed by atoms with Crippen LogP contribution in [0.3, 0.4) is 0 Å². The van der Waals surface area contributed by atoms with Gasteiger partial charge in [-0.3, -0.25) is 18.8 Å². The molecule has 5 heteroatoms. The minimum atomic E-state index is -0.446. The van der Waals surface area contributed by atoms with E-state index in [0.29, 0.717) is 24.7 Å². The molecule has 6 atom stereocenters. The van der Waals surface area contributed by atoms with Crippen LogP contribution >= 0.6 is 0 Å². The highest BCUT2D eigenvalue weighted by molar-refractivity contribution is 5.91. The normalized spacial score (nSPS) is 42.1. The van der Waals surface area contributed by atoms with Gasteiger partial charge in [0.05, 0.1) is 6.67 Å². The molecule has 0 saturated heterocycles. The van der Waals surface area contributed by atoms with Crippen molar-refractivity contribution in [3.05, 3.63) is 11.6 Å². The summed E-state index contributed by atoms with van der Waals surface area (Å²) in [6.07, 6.45) is 8.33. The lowest BCUT2D eigenvalue weighted by Gasteiger charge is -2.58. The van der Waals surface area contributed by atoms with Gasteiger partial charge in [-0.1, -0.05) is 12.5 Å². The van der Waals surface area contributed by atoms with Crippen molar-refractivity contribution in [2.24, 2.45) is 34.5 Å². The average Bonchev–Trinajstić information content (AvgIpc) is 3.03. The zero-order valence-electron chi connectivity index (χ0n) is 17.0. The van der Waals surface area contributed by atoms with Gasteiger partial charge in [0.1, 0.15) is 6.61 Å². The fourth-order valence-electron chi connectivity index (χ4n) is 7.41. The van der Waals surface area contributed by atoms with Gasteiger partial charge >= 0.3 is 5.97 Å². The van der Waals surface area contributed by atoms with Gasteiger partial charge in [0.25, 0.3) is 0 Å². The lowest BCUT2D eigenvalue weighted by molar-refractivity contribution is -0.149. The fraction of sp³-hybridized carbons (Fsp3) is 0.783. The number of Topliss-reactive ketones (excluding diaryl/α,β-unsaturated/α-hetero) is 1. The number of fused-ring (bicyclic) bond motifs is 5. The summed E-state index contributed by atoms with van der Waals surface area (Å²) in [6.45, 7) is 3.07. The Balaban J connectivity index is 1.58. The van der Waals surface area contributed by atoms with Crippen LogP contribution in [0.1, 0.15) is 65.2 Å². The number of carbonyl (C=O) groups excluding carboxylic acids is 3. The molecule has 3 saturated carbocycles. The van der Waals surface area contributed by atoms with E-state index in [0.717, 1.165) is 44.1 Å². The van der Waals surface area contributed by atoms with Crippen LogP contribution in [0.4, 0.5) is 4.39 Å². The molecule has 0 aliphatic heterocycles. The van der Waals surface area contributed by atoms with Crippen molar-refractivity contribution in [2.75, 3.05) is 13.3 Å². The first kappa shape index (κ1) is 19.8. The molecule has 0 aromatic rings. The molecule has 0 heterocycles. The molecule has 4 nitrogen and oxygen atoms in total. The van der Waals surface area contributed by atoms with E-state index in [1.54, 1.807) is 6.08 Å². The van der Waals surface area contributed by atoms with Crippen molar-refractivity contribution in [1.29, 1.82) is 0 Å². The minimum Gasteiger partial charge on any atom is -0.458 e. The van der Waals surface area contributed by atoms with Gasteiger partial charge in [-0.15, -0.1) is 0 Å². The third-order valence-electron chi connectivity index (χ3n) is 8.73. The molecule has 0 spiro atoms. The third-order valence-corrected chi connectivity index (χ3v) is 8.73. The van der Waals surface area contributed by atoms with E-state index in [4.69, 9.17) is 4.74 Å². The number of hydrogen-bond donors (Lipinski definition) is 0. The largest absolute Gasteiger partial charge is 0.458 e. The first-order chi connectivity index (χ1) is 13.3. The summed E-state index contributed by atoms with van der Waals surface area (Å²) in [5, 5.41) is 0. The van der Waals surface area contributed by atoms with E-state index in [9.17, 15) is 18.8 Å². The lowest BCUT2D eigenvalue weighted by Crippen LogP contribution is -2.53. The summed E-state index contributed by atoms with van der Waals surface area (Å²) in [7, 11) is 0. The molecule has 0 N–H and O–H groups in total. The molecule has 4 rings (SSSR count). The Hall–Kier alpha value is -1.52. The molecule has 0 aromatic heterocycles. The number of esters is 1. The van der Waals surface area contributed by atoms with Crippen LogP contribution in [-0.4, -0.2) is 30.8 Å². The molecule has 0 unspecified atom stereocenters. The second-order valence-electron chi connectivity index (χ2n) is 9.76. The van der Waals surface area contributed by atoms with Crippen molar-refractivity contribution in [3.8, 4) is 0 Å². The number of rotatable bonds is 4. The van der Waals surface area contributed by atoms with E-state index in [1.807, 2.05) is 0 Å². The Kier molecular flexibility index (Phi) is 4.99. The van der Waals surface area contributed by atoms with Gasteiger partial charge < -0.3 is 4.74 Å². The predicted molar refractivity (Wildman–Crippen MR) is 102 cm³/mol. The Morgan fingerprint density at radius 2 is 1.93 bits per heavy atom. The van der Waals surface area contributed by atoms with Gasteiger partial charge in [-0.25, -0.2) is 0 Å². The van der Waals surface area contributed by atoms with Crippen LogP contribution in [0.25, 0.3) is 0 Å². The SMILES string of the molecule is CC(=O)OCC(=O)[C@H]1CC[C@H]2[C@@H]3CCC4=CC(=O)CC[C@]4(CF)[C@H]3CC[C@]12C. The van der Waals surface area contributed by atoms with Crippen molar-refractivity contribution in [3.63, 3.8) is 0 Å². The molecule has 0 aromatic carbocycles. The van der Waals surface area contributed by atoms with E-state index < -0.39 is 11.4 Å². The number of hydrogen-bond acceptors (Lipinski definition) is 4. The first-order valence-electron chi connectivity index (χ1n) is 10.8. The average molecular weight is 390 g/mol.